The number of carbonyl (C=O) groups excluding carboxylic acids is 1. The lowest BCUT2D eigenvalue weighted by Gasteiger charge is -2.30. The zero-order valence-electron chi connectivity index (χ0n) is 11.5. The van der Waals surface area contributed by atoms with E-state index in [4.69, 9.17) is 12.2 Å². The number of nitrogens with zero attached hydrogens (tertiary/aromatic N) is 1. The second-order valence-electron chi connectivity index (χ2n) is 5.14. The van der Waals surface area contributed by atoms with Gasteiger partial charge >= 0.3 is 0 Å². The fraction of sp³-hybridized carbons (Fsp3) is 0.769. The molecule has 5 nitrogen and oxygen atoms in total. The molecule has 0 bridgehead atoms. The first-order valence-corrected chi connectivity index (χ1v) is 8.34. The van der Waals surface area contributed by atoms with E-state index in [0.29, 0.717) is 6.42 Å². The maximum absolute atomic E-state index is 12.3. The van der Waals surface area contributed by atoms with Crippen LogP contribution in [0.2, 0.25) is 0 Å². The molecule has 0 spiro atoms. The summed E-state index contributed by atoms with van der Waals surface area (Å²) in [6.45, 7) is 3.98. The number of rotatable bonds is 5. The van der Waals surface area contributed by atoms with E-state index in [-0.39, 0.29) is 35.9 Å². The van der Waals surface area contributed by atoms with Crippen LogP contribution in [-0.2, 0) is 14.6 Å². The van der Waals surface area contributed by atoms with Crippen molar-refractivity contribution >= 4 is 15.7 Å². The van der Waals surface area contributed by atoms with Gasteiger partial charge in [-0.2, -0.15) is 0 Å². The van der Waals surface area contributed by atoms with E-state index in [9.17, 15) is 13.2 Å². The minimum absolute atomic E-state index is 0.00630. The van der Waals surface area contributed by atoms with Crippen LogP contribution in [0.25, 0.3) is 0 Å². The van der Waals surface area contributed by atoms with Crippen molar-refractivity contribution in [3.63, 3.8) is 0 Å². The Hall–Kier alpha value is -1.06. The van der Waals surface area contributed by atoms with Gasteiger partial charge in [0.15, 0.2) is 9.84 Å². The van der Waals surface area contributed by atoms with E-state index in [1.54, 1.807) is 0 Å². The van der Waals surface area contributed by atoms with E-state index >= 15 is 0 Å². The quantitative estimate of drug-likeness (QED) is 0.722. The molecule has 0 radical (unpaired) electrons. The smallest absolute Gasteiger partial charge is 0.240 e. The molecular formula is C13H22N2O3S. The Labute approximate surface area is 115 Å². The summed E-state index contributed by atoms with van der Waals surface area (Å²) in [5.41, 5.74) is 5.93. The second kappa shape index (κ2) is 6.40. The molecule has 0 aromatic heterocycles. The predicted octanol–water partition coefficient (Wildman–Crippen LogP) is 0.00870. The molecular weight excluding hydrogens is 264 g/mol. The van der Waals surface area contributed by atoms with Crippen molar-refractivity contribution in [3.8, 4) is 12.3 Å². The van der Waals surface area contributed by atoms with Crippen LogP contribution in [0.15, 0.2) is 0 Å². The van der Waals surface area contributed by atoms with E-state index in [1.165, 1.54) is 4.90 Å². The molecule has 1 aliphatic heterocycles. The molecule has 0 aliphatic carbocycles. The highest BCUT2D eigenvalue weighted by atomic mass is 32.2. The normalized spacial score (nSPS) is 24.4. The Morgan fingerprint density at radius 3 is 2.63 bits per heavy atom. The van der Waals surface area contributed by atoms with Crippen LogP contribution in [0.1, 0.15) is 26.7 Å². The first-order chi connectivity index (χ1) is 8.82. The summed E-state index contributed by atoms with van der Waals surface area (Å²) in [5, 5.41) is 0. The lowest BCUT2D eigenvalue weighted by Crippen LogP contribution is -2.51. The fourth-order valence-corrected chi connectivity index (χ4v) is 3.93. The third-order valence-electron chi connectivity index (χ3n) is 3.74. The third kappa shape index (κ3) is 3.95. The largest absolute Gasteiger partial charge is 0.326 e. The minimum Gasteiger partial charge on any atom is -0.326 e. The van der Waals surface area contributed by atoms with Crippen LogP contribution in [0, 0.1) is 18.3 Å². The second-order valence-corrected chi connectivity index (χ2v) is 7.37. The zero-order valence-corrected chi connectivity index (χ0v) is 12.3. The molecule has 2 unspecified atom stereocenters. The average Bonchev–Trinajstić information content (AvgIpc) is 2.73. The third-order valence-corrected chi connectivity index (χ3v) is 5.49. The topological polar surface area (TPSA) is 80.5 Å². The number of nitrogens with two attached hydrogens (primary N) is 1. The van der Waals surface area contributed by atoms with E-state index in [2.05, 4.69) is 5.92 Å². The Balaban J connectivity index is 2.84. The summed E-state index contributed by atoms with van der Waals surface area (Å²) in [7, 11) is -3.05. The van der Waals surface area contributed by atoms with Crippen LogP contribution < -0.4 is 5.73 Å². The molecule has 0 aromatic rings. The minimum atomic E-state index is -3.05. The fourth-order valence-electron chi connectivity index (χ4n) is 2.20. The molecule has 2 N–H and O–H groups in total. The summed E-state index contributed by atoms with van der Waals surface area (Å²) in [5.74, 6) is 2.33. The van der Waals surface area contributed by atoms with Crippen molar-refractivity contribution in [3.05, 3.63) is 0 Å². The van der Waals surface area contributed by atoms with Crippen LogP contribution in [0.4, 0.5) is 0 Å². The summed E-state index contributed by atoms with van der Waals surface area (Å²) in [6.07, 6.45) is 6.52. The highest BCUT2D eigenvalue weighted by Crippen LogP contribution is 2.19. The highest BCUT2D eigenvalue weighted by Gasteiger charge is 2.36. The molecule has 1 saturated heterocycles. The van der Waals surface area contributed by atoms with Gasteiger partial charge in [0, 0.05) is 6.04 Å². The van der Waals surface area contributed by atoms with Crippen LogP contribution in [0.5, 0.6) is 0 Å². The number of sulfone groups is 1. The van der Waals surface area contributed by atoms with Crippen molar-refractivity contribution in [1.29, 1.82) is 0 Å². The lowest BCUT2D eigenvalue weighted by atomic mass is 9.98. The molecule has 1 fully saturated rings. The summed E-state index contributed by atoms with van der Waals surface area (Å²) >= 11 is 0. The highest BCUT2D eigenvalue weighted by molar-refractivity contribution is 7.91. The SMILES string of the molecule is C#CCN(C(=O)[C@@H](N)C(C)CC)C1CCS(=O)(=O)C1. The number of hydrogen-bond acceptors (Lipinski definition) is 4. The Bertz CT molecular complexity index is 467. The lowest BCUT2D eigenvalue weighted by molar-refractivity contribution is -0.134. The van der Waals surface area contributed by atoms with Gasteiger partial charge in [-0.05, 0) is 12.3 Å². The molecule has 1 rings (SSSR count). The van der Waals surface area contributed by atoms with Crippen molar-refractivity contribution in [2.45, 2.75) is 38.8 Å². The monoisotopic (exact) mass is 286 g/mol. The van der Waals surface area contributed by atoms with Crippen LogP contribution in [0.3, 0.4) is 0 Å². The number of hydrogen-bond donors (Lipinski definition) is 1. The molecule has 108 valence electrons. The van der Waals surface area contributed by atoms with E-state index < -0.39 is 15.9 Å². The van der Waals surface area contributed by atoms with Crippen molar-refractivity contribution in [1.82, 2.24) is 4.90 Å². The predicted molar refractivity (Wildman–Crippen MR) is 75.0 cm³/mol. The molecule has 1 aliphatic rings. The van der Waals surface area contributed by atoms with Crippen molar-refractivity contribution in [2.75, 3.05) is 18.1 Å². The molecule has 19 heavy (non-hydrogen) atoms. The molecule has 1 amide bonds. The van der Waals surface area contributed by atoms with Gasteiger partial charge in [-0.3, -0.25) is 4.79 Å². The van der Waals surface area contributed by atoms with Gasteiger partial charge in [-0.25, -0.2) is 8.42 Å². The first-order valence-electron chi connectivity index (χ1n) is 6.52. The van der Waals surface area contributed by atoms with Crippen molar-refractivity contribution < 1.29 is 13.2 Å². The Morgan fingerprint density at radius 2 is 2.21 bits per heavy atom. The van der Waals surface area contributed by atoms with Crippen LogP contribution >= 0.6 is 0 Å². The van der Waals surface area contributed by atoms with Gasteiger partial charge in [0.25, 0.3) is 0 Å². The van der Waals surface area contributed by atoms with E-state index in [1.807, 2.05) is 13.8 Å². The summed E-state index contributed by atoms with van der Waals surface area (Å²) in [4.78, 5) is 13.8. The van der Waals surface area contributed by atoms with Gasteiger partial charge < -0.3 is 10.6 Å². The Kier molecular flexibility index (Phi) is 5.39. The van der Waals surface area contributed by atoms with Crippen molar-refractivity contribution in [2.24, 2.45) is 11.7 Å². The number of terminal acetylenes is 1. The van der Waals surface area contributed by atoms with Gasteiger partial charge in [-0.1, -0.05) is 26.2 Å². The maximum atomic E-state index is 12.3. The number of amides is 1. The maximum Gasteiger partial charge on any atom is 0.240 e. The van der Waals surface area contributed by atoms with Gasteiger partial charge in [0.1, 0.15) is 0 Å². The molecule has 1 heterocycles. The van der Waals surface area contributed by atoms with E-state index in [0.717, 1.165) is 6.42 Å². The molecule has 6 heteroatoms. The number of carbonyl (C=O) groups is 1. The summed E-state index contributed by atoms with van der Waals surface area (Å²) in [6, 6.07) is -0.953. The standard InChI is InChI=1S/C13H22N2O3S/c1-4-7-15(11-6-8-19(17,18)9-11)13(16)12(14)10(3)5-2/h1,10-12H,5-9,14H2,2-3H3/t10?,11?,12-/m0/s1. The first kappa shape index (κ1) is 16.0. The van der Waals surface area contributed by atoms with Gasteiger partial charge in [0.05, 0.1) is 24.1 Å². The molecule has 0 saturated carbocycles. The summed E-state index contributed by atoms with van der Waals surface area (Å²) < 4.78 is 23.0. The van der Waals surface area contributed by atoms with Crippen LogP contribution in [-0.4, -0.2) is 49.4 Å². The average molecular weight is 286 g/mol. The Morgan fingerprint density at radius 1 is 1.58 bits per heavy atom. The van der Waals surface area contributed by atoms with Gasteiger partial charge in [-0.15, -0.1) is 6.42 Å². The molecule has 0 aromatic carbocycles. The molecule has 3 atom stereocenters. The van der Waals surface area contributed by atoms with Gasteiger partial charge in [0.2, 0.25) is 5.91 Å². The zero-order chi connectivity index (χ0) is 14.6.